The van der Waals surface area contributed by atoms with Gasteiger partial charge in [-0.1, -0.05) is 30.7 Å². The van der Waals surface area contributed by atoms with Crippen molar-refractivity contribution in [2.24, 2.45) is 0 Å². The van der Waals surface area contributed by atoms with E-state index in [1.165, 1.54) is 0 Å². The van der Waals surface area contributed by atoms with Crippen LogP contribution in [-0.2, 0) is 0 Å². The Bertz CT molecular complexity index is 429. The fourth-order valence-electron chi connectivity index (χ4n) is 1.33. The maximum Gasteiger partial charge on any atom is 0.0922 e. The van der Waals surface area contributed by atoms with Crippen molar-refractivity contribution < 1.29 is 0 Å². The van der Waals surface area contributed by atoms with Gasteiger partial charge in [-0.3, -0.25) is 0 Å². The van der Waals surface area contributed by atoms with Gasteiger partial charge in [0, 0.05) is 10.9 Å². The minimum Gasteiger partial charge on any atom is -0.135 e. The van der Waals surface area contributed by atoms with Crippen LogP contribution in [0.25, 0.3) is 0 Å². The predicted molar refractivity (Wildman–Crippen MR) is 56.6 cm³/mol. The van der Waals surface area contributed by atoms with Gasteiger partial charge in [0.2, 0.25) is 0 Å². The van der Waals surface area contributed by atoms with Crippen LogP contribution in [-0.4, -0.2) is 20.6 Å². The summed E-state index contributed by atoms with van der Waals surface area (Å²) in [6, 6.07) is 7.65. The van der Waals surface area contributed by atoms with Gasteiger partial charge in [-0.25, -0.2) is 0 Å². The Labute approximate surface area is 92.3 Å². The van der Waals surface area contributed by atoms with Crippen molar-refractivity contribution in [2.75, 3.05) is 0 Å². The fourth-order valence-corrected chi connectivity index (χ4v) is 1.45. The molecule has 76 valence electrons. The van der Waals surface area contributed by atoms with Crippen molar-refractivity contribution in [1.29, 1.82) is 0 Å². The molecule has 0 amide bonds. The minimum absolute atomic E-state index is 0.144. The van der Waals surface area contributed by atoms with Crippen LogP contribution in [0.15, 0.2) is 30.5 Å². The summed E-state index contributed by atoms with van der Waals surface area (Å²) in [7, 11) is 0. The molecular formula is C10H9ClN4. The predicted octanol–water partition coefficient (Wildman–Crippen LogP) is 2.07. The molecule has 0 aliphatic heterocycles. The summed E-state index contributed by atoms with van der Waals surface area (Å²) in [5.74, 6) is 0.144. The lowest BCUT2D eigenvalue weighted by molar-refractivity contribution is 0.700. The van der Waals surface area contributed by atoms with E-state index in [-0.39, 0.29) is 5.92 Å². The van der Waals surface area contributed by atoms with Crippen molar-refractivity contribution in [3.8, 4) is 0 Å². The maximum atomic E-state index is 5.81. The normalized spacial score (nSPS) is 12.4. The highest BCUT2D eigenvalue weighted by atomic mass is 35.5. The average molecular weight is 221 g/mol. The first-order valence-corrected chi connectivity index (χ1v) is 4.91. The van der Waals surface area contributed by atoms with E-state index in [2.05, 4.69) is 20.6 Å². The summed E-state index contributed by atoms with van der Waals surface area (Å²) >= 11 is 5.81. The van der Waals surface area contributed by atoms with Crippen molar-refractivity contribution in [1.82, 2.24) is 20.6 Å². The number of nitrogens with zero attached hydrogens (tertiary/aromatic N) is 4. The van der Waals surface area contributed by atoms with E-state index in [1.807, 2.05) is 31.2 Å². The van der Waals surface area contributed by atoms with Gasteiger partial charge in [0.1, 0.15) is 0 Å². The Morgan fingerprint density at radius 3 is 2.47 bits per heavy atom. The highest BCUT2D eigenvalue weighted by Crippen LogP contribution is 2.22. The molecule has 5 heteroatoms. The van der Waals surface area contributed by atoms with Gasteiger partial charge in [0.05, 0.1) is 11.9 Å². The summed E-state index contributed by atoms with van der Waals surface area (Å²) in [6.45, 7) is 2.04. The van der Waals surface area contributed by atoms with Crippen molar-refractivity contribution in [2.45, 2.75) is 12.8 Å². The van der Waals surface area contributed by atoms with Crippen LogP contribution in [0.1, 0.15) is 24.1 Å². The molecule has 0 aliphatic rings. The van der Waals surface area contributed by atoms with Crippen molar-refractivity contribution >= 4 is 11.6 Å². The number of benzene rings is 1. The van der Waals surface area contributed by atoms with Gasteiger partial charge < -0.3 is 0 Å². The first-order valence-electron chi connectivity index (χ1n) is 4.54. The van der Waals surface area contributed by atoms with Crippen LogP contribution in [0, 0.1) is 0 Å². The Morgan fingerprint density at radius 1 is 1.13 bits per heavy atom. The molecule has 1 aromatic carbocycles. The molecule has 1 heterocycles. The highest BCUT2D eigenvalue weighted by Gasteiger charge is 2.10. The summed E-state index contributed by atoms with van der Waals surface area (Å²) < 4.78 is 0. The zero-order valence-electron chi connectivity index (χ0n) is 8.13. The van der Waals surface area contributed by atoms with Gasteiger partial charge >= 0.3 is 0 Å². The first kappa shape index (κ1) is 9.98. The summed E-state index contributed by atoms with van der Waals surface area (Å²) in [5, 5.41) is 15.3. The molecule has 0 saturated carbocycles. The van der Waals surface area contributed by atoms with Crippen LogP contribution in [0.5, 0.6) is 0 Å². The van der Waals surface area contributed by atoms with E-state index >= 15 is 0 Å². The molecule has 1 unspecified atom stereocenters. The molecule has 0 fully saturated rings. The molecule has 0 spiro atoms. The van der Waals surface area contributed by atoms with E-state index in [1.54, 1.807) is 6.20 Å². The number of hydrogen-bond donors (Lipinski definition) is 0. The van der Waals surface area contributed by atoms with Crippen LogP contribution < -0.4 is 0 Å². The Balaban J connectivity index is 2.29. The second kappa shape index (κ2) is 4.31. The largest absolute Gasteiger partial charge is 0.135 e. The quantitative estimate of drug-likeness (QED) is 0.778. The SMILES string of the molecule is CC(c1ccc(Cl)cc1)c1cnnnn1. The topological polar surface area (TPSA) is 51.6 Å². The van der Waals surface area contributed by atoms with Crippen LogP contribution >= 0.6 is 11.6 Å². The van der Waals surface area contributed by atoms with E-state index in [0.717, 1.165) is 16.3 Å². The number of halogens is 1. The first-order chi connectivity index (χ1) is 7.27. The monoisotopic (exact) mass is 220 g/mol. The lowest BCUT2D eigenvalue weighted by Gasteiger charge is -2.09. The lowest BCUT2D eigenvalue weighted by atomic mass is 9.99. The molecule has 0 radical (unpaired) electrons. The van der Waals surface area contributed by atoms with E-state index < -0.39 is 0 Å². The van der Waals surface area contributed by atoms with Crippen LogP contribution in [0.4, 0.5) is 0 Å². The average Bonchev–Trinajstić information content (AvgIpc) is 2.30. The second-order valence-corrected chi connectivity index (χ2v) is 3.66. The number of rotatable bonds is 2. The zero-order valence-corrected chi connectivity index (χ0v) is 8.89. The van der Waals surface area contributed by atoms with Crippen molar-refractivity contribution in [3.63, 3.8) is 0 Å². The number of hydrogen-bond acceptors (Lipinski definition) is 4. The molecule has 15 heavy (non-hydrogen) atoms. The van der Waals surface area contributed by atoms with Crippen LogP contribution in [0.2, 0.25) is 5.02 Å². The Kier molecular flexibility index (Phi) is 2.87. The minimum atomic E-state index is 0.144. The molecule has 0 aliphatic carbocycles. The second-order valence-electron chi connectivity index (χ2n) is 3.22. The standard InChI is InChI=1S/C10H9ClN4/c1-7(10-6-12-14-15-13-10)8-2-4-9(11)5-3-8/h2-7H,1H3. The molecule has 2 aromatic rings. The third-order valence-corrected chi connectivity index (χ3v) is 2.51. The van der Waals surface area contributed by atoms with Gasteiger partial charge in [-0.05, 0) is 28.1 Å². The van der Waals surface area contributed by atoms with Gasteiger partial charge in [0.25, 0.3) is 0 Å². The molecule has 0 saturated heterocycles. The van der Waals surface area contributed by atoms with Crippen LogP contribution in [0.3, 0.4) is 0 Å². The van der Waals surface area contributed by atoms with Gasteiger partial charge in [0.15, 0.2) is 0 Å². The molecule has 1 aromatic heterocycles. The Morgan fingerprint density at radius 2 is 1.87 bits per heavy atom. The lowest BCUT2D eigenvalue weighted by Crippen LogP contribution is -2.03. The van der Waals surface area contributed by atoms with E-state index in [9.17, 15) is 0 Å². The molecule has 4 nitrogen and oxygen atoms in total. The maximum absolute atomic E-state index is 5.81. The van der Waals surface area contributed by atoms with Gasteiger partial charge in [-0.2, -0.15) is 0 Å². The fraction of sp³-hybridized carbons (Fsp3) is 0.200. The number of aromatic nitrogens is 4. The molecule has 0 N–H and O–H groups in total. The zero-order chi connectivity index (χ0) is 10.7. The summed E-state index contributed by atoms with van der Waals surface area (Å²) in [5.41, 5.74) is 1.93. The molecule has 2 rings (SSSR count). The third kappa shape index (κ3) is 2.27. The molecule has 0 bridgehead atoms. The molecular weight excluding hydrogens is 212 g/mol. The van der Waals surface area contributed by atoms with E-state index in [0.29, 0.717) is 0 Å². The van der Waals surface area contributed by atoms with Gasteiger partial charge in [-0.15, -0.1) is 10.2 Å². The summed E-state index contributed by atoms with van der Waals surface area (Å²) in [6.07, 6.45) is 1.62. The summed E-state index contributed by atoms with van der Waals surface area (Å²) in [4.78, 5) is 0. The highest BCUT2D eigenvalue weighted by molar-refractivity contribution is 6.30. The molecule has 1 atom stereocenters. The van der Waals surface area contributed by atoms with Crippen molar-refractivity contribution in [3.05, 3.63) is 46.7 Å². The van der Waals surface area contributed by atoms with E-state index in [4.69, 9.17) is 11.6 Å². The smallest absolute Gasteiger partial charge is 0.0922 e. The Hall–Kier alpha value is -1.55. The third-order valence-electron chi connectivity index (χ3n) is 2.26.